The van der Waals surface area contributed by atoms with Gasteiger partial charge >= 0.3 is 6.18 Å². The molecule has 0 bridgehead atoms. The van der Waals surface area contributed by atoms with E-state index in [-0.39, 0.29) is 30.1 Å². The van der Waals surface area contributed by atoms with Crippen molar-refractivity contribution in [3.05, 3.63) is 16.1 Å². The number of aromatic nitrogens is 1. The molecular formula is C16H28F3IN4OS. The smallest absolute Gasteiger partial charge is 0.378 e. The molecule has 5 nitrogen and oxygen atoms in total. The number of alkyl halides is 3. The molecule has 0 aliphatic carbocycles. The second-order valence-corrected chi connectivity index (χ2v) is 6.77. The molecule has 152 valence electrons. The van der Waals surface area contributed by atoms with E-state index in [1.54, 1.807) is 7.05 Å². The number of hydrogen-bond acceptors (Lipinski definition) is 4. The van der Waals surface area contributed by atoms with Gasteiger partial charge in [-0.2, -0.15) is 13.2 Å². The van der Waals surface area contributed by atoms with Gasteiger partial charge in [-0.15, -0.1) is 35.3 Å². The summed E-state index contributed by atoms with van der Waals surface area (Å²) in [6, 6.07) is 0. The van der Waals surface area contributed by atoms with Crippen molar-refractivity contribution in [2.24, 2.45) is 10.9 Å². The van der Waals surface area contributed by atoms with Gasteiger partial charge < -0.3 is 15.4 Å². The predicted octanol–water partition coefficient (Wildman–Crippen LogP) is 3.94. The molecule has 1 atom stereocenters. The number of guanidine groups is 1. The lowest BCUT2D eigenvalue weighted by atomic mass is 10.0. The fraction of sp³-hybridized carbons (Fsp3) is 0.750. The number of rotatable bonds is 9. The minimum atomic E-state index is -4.38. The molecule has 0 aliphatic rings. The Morgan fingerprint density at radius 1 is 1.31 bits per heavy atom. The summed E-state index contributed by atoms with van der Waals surface area (Å²) in [5, 5.41) is 7.77. The van der Waals surface area contributed by atoms with Crippen LogP contribution < -0.4 is 10.6 Å². The number of aliphatic imine (C=N–C) groups is 1. The standard InChI is InChI=1S/C16H27F3N4OS.HI/c1-5-24-12(11(2)3)6-8-21-15(20-4)22-9-7-14-23-13(10-25-14)16(17,18)19;/h10-12H,5-9H2,1-4H3,(H2,20,21,22);1H. The molecule has 0 spiro atoms. The Morgan fingerprint density at radius 3 is 2.46 bits per heavy atom. The van der Waals surface area contributed by atoms with Crippen LogP contribution in [0.3, 0.4) is 0 Å². The summed E-state index contributed by atoms with van der Waals surface area (Å²) in [4.78, 5) is 7.71. The molecule has 1 aromatic heterocycles. The average molecular weight is 508 g/mol. The van der Waals surface area contributed by atoms with Crippen LogP contribution in [-0.2, 0) is 17.3 Å². The van der Waals surface area contributed by atoms with E-state index in [0.717, 1.165) is 23.1 Å². The van der Waals surface area contributed by atoms with Crippen molar-refractivity contribution in [2.75, 3.05) is 26.7 Å². The Balaban J connectivity index is 0.00000625. The normalized spacial score (nSPS) is 13.5. The Kier molecular flexibility index (Phi) is 12.4. The third kappa shape index (κ3) is 9.36. The number of hydrogen-bond donors (Lipinski definition) is 2. The largest absolute Gasteiger partial charge is 0.434 e. The van der Waals surface area contributed by atoms with Crippen molar-refractivity contribution in [1.29, 1.82) is 0 Å². The molecule has 0 radical (unpaired) electrons. The zero-order chi connectivity index (χ0) is 18.9. The molecule has 0 amide bonds. The molecular weight excluding hydrogens is 480 g/mol. The van der Waals surface area contributed by atoms with Gasteiger partial charge in [-0.25, -0.2) is 4.98 Å². The minimum absolute atomic E-state index is 0. The summed E-state index contributed by atoms with van der Waals surface area (Å²) in [6.07, 6.45) is -2.93. The first kappa shape index (κ1) is 25.4. The van der Waals surface area contributed by atoms with Gasteiger partial charge in [0.15, 0.2) is 11.7 Å². The van der Waals surface area contributed by atoms with Crippen LogP contribution >= 0.6 is 35.3 Å². The van der Waals surface area contributed by atoms with Crippen LogP contribution in [0, 0.1) is 5.92 Å². The molecule has 0 saturated carbocycles. The summed E-state index contributed by atoms with van der Waals surface area (Å²) in [7, 11) is 1.66. The van der Waals surface area contributed by atoms with E-state index in [4.69, 9.17) is 4.74 Å². The van der Waals surface area contributed by atoms with Gasteiger partial charge in [-0.1, -0.05) is 13.8 Å². The fourth-order valence-corrected chi connectivity index (χ4v) is 3.03. The number of nitrogens with one attached hydrogen (secondary N) is 2. The van der Waals surface area contributed by atoms with Gasteiger partial charge in [0.2, 0.25) is 0 Å². The van der Waals surface area contributed by atoms with Crippen molar-refractivity contribution < 1.29 is 17.9 Å². The molecule has 0 fully saturated rings. The highest BCUT2D eigenvalue weighted by atomic mass is 127. The third-order valence-electron chi connectivity index (χ3n) is 3.54. The van der Waals surface area contributed by atoms with Gasteiger partial charge in [0, 0.05) is 38.5 Å². The van der Waals surface area contributed by atoms with Crippen LogP contribution in [0.4, 0.5) is 13.2 Å². The highest BCUT2D eigenvalue weighted by Gasteiger charge is 2.33. The highest BCUT2D eigenvalue weighted by molar-refractivity contribution is 14.0. The summed E-state index contributed by atoms with van der Waals surface area (Å²) in [6.45, 7) is 8.07. The maximum Gasteiger partial charge on any atom is 0.434 e. The molecule has 0 saturated heterocycles. The van der Waals surface area contributed by atoms with Crippen LogP contribution in [0.5, 0.6) is 0 Å². The molecule has 0 aliphatic heterocycles. The Labute approximate surface area is 174 Å². The molecule has 26 heavy (non-hydrogen) atoms. The maximum atomic E-state index is 12.5. The van der Waals surface area contributed by atoms with Crippen molar-refractivity contribution in [3.63, 3.8) is 0 Å². The lowest BCUT2D eigenvalue weighted by Gasteiger charge is -2.21. The van der Waals surface area contributed by atoms with Crippen LogP contribution in [0.25, 0.3) is 0 Å². The third-order valence-corrected chi connectivity index (χ3v) is 4.45. The number of ether oxygens (including phenoxy) is 1. The van der Waals surface area contributed by atoms with Gasteiger partial charge in [-0.05, 0) is 19.3 Å². The topological polar surface area (TPSA) is 58.5 Å². The molecule has 1 aromatic rings. The predicted molar refractivity (Wildman–Crippen MR) is 110 cm³/mol. The van der Waals surface area contributed by atoms with Gasteiger partial charge in [0.25, 0.3) is 0 Å². The first-order valence-corrected chi connectivity index (χ1v) is 9.23. The van der Waals surface area contributed by atoms with Crippen LogP contribution in [-0.4, -0.2) is 43.8 Å². The van der Waals surface area contributed by atoms with Crippen LogP contribution in [0.2, 0.25) is 0 Å². The van der Waals surface area contributed by atoms with Crippen molar-refractivity contribution >= 4 is 41.3 Å². The van der Waals surface area contributed by atoms with Crippen molar-refractivity contribution in [2.45, 2.75) is 45.9 Å². The lowest BCUT2D eigenvalue weighted by Crippen LogP contribution is -2.40. The first-order valence-electron chi connectivity index (χ1n) is 8.35. The van der Waals surface area contributed by atoms with Crippen LogP contribution in [0.1, 0.15) is 37.9 Å². The van der Waals surface area contributed by atoms with E-state index in [9.17, 15) is 13.2 Å². The second-order valence-electron chi connectivity index (χ2n) is 5.83. The fourth-order valence-electron chi connectivity index (χ4n) is 2.22. The van der Waals surface area contributed by atoms with Crippen molar-refractivity contribution in [1.82, 2.24) is 15.6 Å². The Hall–Kier alpha value is -0.620. The summed E-state index contributed by atoms with van der Waals surface area (Å²) >= 11 is 1.02. The lowest BCUT2D eigenvalue weighted by molar-refractivity contribution is -0.140. The zero-order valence-corrected chi connectivity index (χ0v) is 18.7. The zero-order valence-electron chi connectivity index (χ0n) is 15.5. The summed E-state index contributed by atoms with van der Waals surface area (Å²) < 4.78 is 43.2. The minimum Gasteiger partial charge on any atom is -0.378 e. The Morgan fingerprint density at radius 2 is 1.96 bits per heavy atom. The van der Waals surface area contributed by atoms with Crippen LogP contribution in [0.15, 0.2) is 10.4 Å². The average Bonchev–Trinajstić information content (AvgIpc) is 3.01. The first-order chi connectivity index (χ1) is 11.8. The second kappa shape index (κ2) is 12.7. The monoisotopic (exact) mass is 508 g/mol. The number of nitrogens with zero attached hydrogens (tertiary/aromatic N) is 2. The number of thiazole rings is 1. The molecule has 0 aromatic carbocycles. The van der Waals surface area contributed by atoms with E-state index < -0.39 is 11.9 Å². The Bertz CT molecular complexity index is 538. The van der Waals surface area contributed by atoms with E-state index in [2.05, 4.69) is 34.5 Å². The van der Waals surface area contributed by atoms with Gasteiger partial charge in [-0.3, -0.25) is 4.99 Å². The maximum absolute atomic E-state index is 12.5. The molecule has 1 heterocycles. The number of halogens is 4. The summed E-state index contributed by atoms with van der Waals surface area (Å²) in [5.41, 5.74) is -0.828. The van der Waals surface area contributed by atoms with Gasteiger partial charge in [0.1, 0.15) is 0 Å². The van der Waals surface area contributed by atoms with E-state index in [1.807, 2.05) is 6.92 Å². The van der Waals surface area contributed by atoms with E-state index >= 15 is 0 Å². The highest BCUT2D eigenvalue weighted by Crippen LogP contribution is 2.29. The molecule has 1 unspecified atom stereocenters. The summed E-state index contributed by atoms with van der Waals surface area (Å²) in [5.74, 6) is 1.05. The molecule has 2 N–H and O–H groups in total. The van der Waals surface area contributed by atoms with E-state index in [0.29, 0.717) is 43.0 Å². The van der Waals surface area contributed by atoms with Gasteiger partial charge in [0.05, 0.1) is 11.1 Å². The molecule has 10 heteroatoms. The van der Waals surface area contributed by atoms with Crippen molar-refractivity contribution in [3.8, 4) is 0 Å². The van der Waals surface area contributed by atoms with E-state index in [1.165, 1.54) is 0 Å². The SMILES string of the molecule is CCOC(CCNC(=NC)NCCc1nc(C(F)(F)F)cs1)C(C)C.I. The molecule has 1 rings (SSSR count). The quantitative estimate of drug-likeness (QED) is 0.302.